The van der Waals surface area contributed by atoms with E-state index >= 15 is 0 Å². The number of nitrogens with zero attached hydrogens (tertiary/aromatic N) is 1. The lowest BCUT2D eigenvalue weighted by atomic mass is 10.0. The molecule has 2 amide bonds. The van der Waals surface area contributed by atoms with Gasteiger partial charge in [-0.15, -0.1) is 11.8 Å². The first-order valence-corrected chi connectivity index (χ1v) is 13.2. The molecule has 1 unspecified atom stereocenters. The Balaban J connectivity index is 1.84. The molecule has 3 rings (SSSR count). The zero-order valence-electron chi connectivity index (χ0n) is 21.2. The smallest absolute Gasteiger partial charge is 0.243 e. The van der Waals surface area contributed by atoms with Gasteiger partial charge in [-0.25, -0.2) is 0 Å². The summed E-state index contributed by atoms with van der Waals surface area (Å²) in [6.07, 6.45) is 0.462. The number of aryl methyl sites for hydroxylation is 1. The lowest BCUT2D eigenvalue weighted by Gasteiger charge is -2.34. The maximum Gasteiger partial charge on any atom is 0.243 e. The van der Waals surface area contributed by atoms with Crippen molar-refractivity contribution in [2.75, 3.05) is 5.75 Å². The fourth-order valence-electron chi connectivity index (χ4n) is 3.93. The summed E-state index contributed by atoms with van der Waals surface area (Å²) in [6.45, 7) is 8.35. The monoisotopic (exact) mass is 488 g/mol. The highest BCUT2D eigenvalue weighted by Gasteiger charge is 2.32. The zero-order chi connectivity index (χ0) is 25.3. The van der Waals surface area contributed by atoms with Crippen LogP contribution < -0.4 is 5.32 Å². The van der Waals surface area contributed by atoms with E-state index < -0.39 is 11.6 Å². The van der Waals surface area contributed by atoms with Crippen molar-refractivity contribution >= 4 is 23.6 Å². The van der Waals surface area contributed by atoms with Crippen molar-refractivity contribution in [2.24, 2.45) is 0 Å². The van der Waals surface area contributed by atoms with Gasteiger partial charge in [-0.3, -0.25) is 9.59 Å². The average Bonchev–Trinajstić information content (AvgIpc) is 2.81. The Hall–Kier alpha value is -3.05. The first kappa shape index (κ1) is 26.6. The third-order valence-corrected chi connectivity index (χ3v) is 6.53. The molecule has 0 saturated heterocycles. The lowest BCUT2D eigenvalue weighted by Crippen LogP contribution is -2.54. The summed E-state index contributed by atoms with van der Waals surface area (Å²) in [4.78, 5) is 28.9. The molecule has 1 atom stereocenters. The molecule has 5 heteroatoms. The fraction of sp³-hybridized carbons (Fsp3) is 0.333. The molecule has 0 aromatic heterocycles. The molecule has 3 aromatic carbocycles. The van der Waals surface area contributed by atoms with Crippen LogP contribution in [0.25, 0.3) is 0 Å². The van der Waals surface area contributed by atoms with E-state index in [0.717, 1.165) is 16.9 Å². The molecule has 0 heterocycles. The Morgan fingerprint density at radius 3 is 2.06 bits per heavy atom. The van der Waals surface area contributed by atoms with Gasteiger partial charge in [0.25, 0.3) is 0 Å². The van der Waals surface area contributed by atoms with Crippen LogP contribution >= 0.6 is 11.8 Å². The van der Waals surface area contributed by atoms with Crippen LogP contribution in [0.4, 0.5) is 0 Å². The van der Waals surface area contributed by atoms with Crippen LogP contribution in [-0.4, -0.2) is 34.0 Å². The lowest BCUT2D eigenvalue weighted by molar-refractivity contribution is -0.140. The van der Waals surface area contributed by atoms with Gasteiger partial charge < -0.3 is 10.2 Å². The van der Waals surface area contributed by atoms with E-state index in [1.54, 1.807) is 16.7 Å². The predicted octanol–water partition coefficient (Wildman–Crippen LogP) is 5.78. The first-order chi connectivity index (χ1) is 16.7. The van der Waals surface area contributed by atoms with Crippen molar-refractivity contribution in [1.82, 2.24) is 10.2 Å². The van der Waals surface area contributed by atoms with Gasteiger partial charge in [0, 0.05) is 24.3 Å². The largest absolute Gasteiger partial charge is 0.350 e. The van der Waals surface area contributed by atoms with Gasteiger partial charge in [-0.05, 0) is 44.4 Å². The van der Waals surface area contributed by atoms with Crippen molar-refractivity contribution < 1.29 is 9.59 Å². The van der Waals surface area contributed by atoms with E-state index in [2.05, 4.69) is 30.4 Å². The molecular formula is C30H36N2O2S. The molecule has 0 bridgehead atoms. The molecule has 35 heavy (non-hydrogen) atoms. The van der Waals surface area contributed by atoms with Crippen molar-refractivity contribution in [1.29, 1.82) is 0 Å². The van der Waals surface area contributed by atoms with E-state index in [0.29, 0.717) is 18.7 Å². The molecule has 184 valence electrons. The number of nitrogens with one attached hydrogen (secondary N) is 1. The summed E-state index contributed by atoms with van der Waals surface area (Å²) in [7, 11) is 0. The minimum atomic E-state index is -0.607. The van der Waals surface area contributed by atoms with Crippen LogP contribution in [0.2, 0.25) is 0 Å². The standard InChI is InChI=1S/C30H36N2O2S/c1-23-12-11-17-26(18-23)21-35-22-28(33)32(20-25-15-9-6-10-16-25)27(29(34)31-30(2,3)4)19-24-13-7-5-8-14-24/h5-18,27H,19-22H2,1-4H3,(H,31,34). The molecule has 0 spiro atoms. The summed E-state index contributed by atoms with van der Waals surface area (Å²) in [5.41, 5.74) is 4.05. The number of hydrogen-bond acceptors (Lipinski definition) is 3. The molecular weight excluding hydrogens is 452 g/mol. The third-order valence-electron chi connectivity index (χ3n) is 5.54. The predicted molar refractivity (Wildman–Crippen MR) is 146 cm³/mol. The highest BCUT2D eigenvalue weighted by molar-refractivity contribution is 7.99. The second-order valence-corrected chi connectivity index (χ2v) is 10.9. The van der Waals surface area contributed by atoms with E-state index in [4.69, 9.17) is 0 Å². The van der Waals surface area contributed by atoms with Gasteiger partial charge in [0.05, 0.1) is 5.75 Å². The molecule has 4 nitrogen and oxygen atoms in total. The summed E-state index contributed by atoms with van der Waals surface area (Å²) < 4.78 is 0. The topological polar surface area (TPSA) is 49.4 Å². The number of carbonyl (C=O) groups is 2. The molecule has 0 fully saturated rings. The van der Waals surface area contributed by atoms with Gasteiger partial charge in [0.15, 0.2) is 0 Å². The van der Waals surface area contributed by atoms with E-state index in [1.807, 2.05) is 87.5 Å². The van der Waals surface area contributed by atoms with E-state index in [9.17, 15) is 9.59 Å². The highest BCUT2D eigenvalue weighted by atomic mass is 32.2. The van der Waals surface area contributed by atoms with E-state index in [1.165, 1.54) is 11.1 Å². The Kier molecular flexibility index (Phi) is 9.55. The summed E-state index contributed by atoms with van der Waals surface area (Å²) in [5.74, 6) is 0.907. The summed E-state index contributed by atoms with van der Waals surface area (Å²) >= 11 is 1.59. The van der Waals surface area contributed by atoms with E-state index in [-0.39, 0.29) is 11.8 Å². The maximum absolute atomic E-state index is 13.6. The molecule has 1 N–H and O–H groups in total. The molecule has 0 aliphatic rings. The first-order valence-electron chi connectivity index (χ1n) is 12.0. The summed E-state index contributed by atoms with van der Waals surface area (Å²) in [5, 5.41) is 3.11. The third kappa shape index (κ3) is 8.91. The Morgan fingerprint density at radius 2 is 1.46 bits per heavy atom. The maximum atomic E-state index is 13.6. The van der Waals surface area contributed by atoms with Crippen molar-refractivity contribution in [3.8, 4) is 0 Å². The van der Waals surface area contributed by atoms with Crippen LogP contribution in [0.1, 0.15) is 43.0 Å². The van der Waals surface area contributed by atoms with Crippen molar-refractivity contribution in [2.45, 2.75) is 58.0 Å². The molecule has 0 radical (unpaired) electrons. The molecule has 0 aliphatic heterocycles. The number of rotatable bonds is 10. The quantitative estimate of drug-likeness (QED) is 0.393. The average molecular weight is 489 g/mol. The van der Waals surface area contributed by atoms with Gasteiger partial charge in [-0.2, -0.15) is 0 Å². The minimum Gasteiger partial charge on any atom is -0.350 e. The van der Waals surface area contributed by atoms with Crippen LogP contribution in [0.3, 0.4) is 0 Å². The molecule has 0 saturated carbocycles. The summed E-state index contributed by atoms with van der Waals surface area (Å²) in [6, 6.07) is 27.5. The number of carbonyl (C=O) groups excluding carboxylic acids is 2. The second kappa shape index (κ2) is 12.6. The van der Waals surface area contributed by atoms with Gasteiger partial charge in [0.1, 0.15) is 6.04 Å². The van der Waals surface area contributed by atoms with Gasteiger partial charge in [0.2, 0.25) is 11.8 Å². The Labute approximate surface area is 214 Å². The highest BCUT2D eigenvalue weighted by Crippen LogP contribution is 2.19. The van der Waals surface area contributed by atoms with Crippen molar-refractivity contribution in [3.05, 3.63) is 107 Å². The zero-order valence-corrected chi connectivity index (χ0v) is 22.0. The Morgan fingerprint density at radius 1 is 0.857 bits per heavy atom. The van der Waals surface area contributed by atoms with Crippen LogP contribution in [-0.2, 0) is 28.3 Å². The number of hydrogen-bond donors (Lipinski definition) is 1. The second-order valence-electron chi connectivity index (χ2n) is 9.93. The van der Waals surface area contributed by atoms with Gasteiger partial charge >= 0.3 is 0 Å². The van der Waals surface area contributed by atoms with Crippen LogP contribution in [0.5, 0.6) is 0 Å². The number of amides is 2. The molecule has 0 aliphatic carbocycles. The SMILES string of the molecule is Cc1cccc(CSCC(=O)N(Cc2ccccc2)C(Cc2ccccc2)C(=O)NC(C)(C)C)c1. The molecule has 3 aromatic rings. The van der Waals surface area contributed by atoms with Gasteiger partial charge in [-0.1, -0.05) is 90.5 Å². The van der Waals surface area contributed by atoms with Crippen LogP contribution in [0.15, 0.2) is 84.9 Å². The number of thioether (sulfide) groups is 1. The van der Waals surface area contributed by atoms with Crippen molar-refractivity contribution in [3.63, 3.8) is 0 Å². The minimum absolute atomic E-state index is 0.0310. The fourth-order valence-corrected chi connectivity index (χ4v) is 4.79. The van der Waals surface area contributed by atoms with Crippen LogP contribution in [0, 0.1) is 6.92 Å². The normalized spacial score (nSPS) is 12.1. The number of benzene rings is 3. The Bertz CT molecular complexity index is 1090.